The molecule has 0 N–H and O–H groups in total. The molecular weight excluding hydrogens is 332 g/mol. The number of carbonyl (C=O) groups excluding carboxylic acids is 1. The Morgan fingerprint density at radius 2 is 2.00 bits per heavy atom. The second kappa shape index (κ2) is 6.92. The molecule has 2 aliphatic heterocycles. The lowest BCUT2D eigenvalue weighted by Gasteiger charge is -2.32. The summed E-state index contributed by atoms with van der Waals surface area (Å²) in [5.41, 5.74) is 1.73. The van der Waals surface area contributed by atoms with E-state index < -0.39 is 0 Å². The zero-order chi connectivity index (χ0) is 17.4. The monoisotopic (exact) mass is 358 g/mol. The topological polar surface area (TPSA) is 39.7 Å². The Morgan fingerprint density at radius 3 is 2.76 bits per heavy atom. The van der Waals surface area contributed by atoms with Gasteiger partial charge >= 0.3 is 0 Å². The molecule has 1 unspecified atom stereocenters. The fraction of sp³-hybridized carbons (Fsp3) is 0.579. The number of piperidine rings is 1. The number of nitrogens with zero attached hydrogens (tertiary/aromatic N) is 4. The van der Waals surface area contributed by atoms with Crippen LogP contribution in [-0.4, -0.2) is 67.0 Å². The summed E-state index contributed by atoms with van der Waals surface area (Å²) in [6.07, 6.45) is 5.32. The van der Waals surface area contributed by atoms with E-state index >= 15 is 0 Å². The largest absolute Gasteiger partial charge is 0.346 e. The molecule has 0 aliphatic carbocycles. The van der Waals surface area contributed by atoms with Crippen molar-refractivity contribution in [3.05, 3.63) is 23.8 Å². The molecule has 0 radical (unpaired) electrons. The van der Waals surface area contributed by atoms with Crippen molar-refractivity contribution in [2.45, 2.75) is 31.7 Å². The highest BCUT2D eigenvalue weighted by Crippen LogP contribution is 2.33. The molecule has 1 amide bonds. The fourth-order valence-electron chi connectivity index (χ4n) is 3.94. The van der Waals surface area contributed by atoms with Crippen LogP contribution in [0, 0.1) is 0 Å². The molecule has 134 valence electrons. The Morgan fingerprint density at radius 1 is 1.20 bits per heavy atom. The third kappa shape index (κ3) is 3.37. The third-order valence-electron chi connectivity index (χ3n) is 5.37. The maximum absolute atomic E-state index is 12.2. The van der Waals surface area contributed by atoms with Crippen LogP contribution in [0.25, 0.3) is 10.2 Å². The van der Waals surface area contributed by atoms with E-state index in [2.05, 4.69) is 9.80 Å². The highest BCUT2D eigenvalue weighted by molar-refractivity contribution is 7.22. The number of fused-ring (bicyclic) bond motifs is 1. The number of aromatic nitrogens is 1. The minimum Gasteiger partial charge on any atom is -0.346 e. The van der Waals surface area contributed by atoms with Crippen LogP contribution in [0.3, 0.4) is 0 Å². The number of benzene rings is 1. The van der Waals surface area contributed by atoms with E-state index in [1.807, 2.05) is 18.2 Å². The second-order valence-corrected chi connectivity index (χ2v) is 8.37. The van der Waals surface area contributed by atoms with Gasteiger partial charge in [-0.2, -0.15) is 0 Å². The Labute approximate surface area is 153 Å². The van der Waals surface area contributed by atoms with E-state index in [0.29, 0.717) is 6.04 Å². The molecule has 1 aromatic carbocycles. The average Bonchev–Trinajstić information content (AvgIpc) is 3.27. The maximum atomic E-state index is 12.2. The maximum Gasteiger partial charge on any atom is 0.253 e. The van der Waals surface area contributed by atoms with Gasteiger partial charge in [-0.3, -0.25) is 9.69 Å². The molecule has 4 rings (SSSR count). The molecule has 2 aliphatic rings. The molecule has 1 aromatic heterocycles. The standard InChI is InChI=1S/C19H26N4OS/c1-21(2)18(24)14-6-7-16-17(12-14)25-19(20-16)23-11-8-15(13-23)22-9-4-3-5-10-22/h6-7,12,15H,3-5,8-11,13H2,1-2H3. The van der Waals surface area contributed by atoms with Gasteiger partial charge in [0.1, 0.15) is 0 Å². The van der Waals surface area contributed by atoms with Gasteiger partial charge in [0.05, 0.1) is 10.2 Å². The molecule has 25 heavy (non-hydrogen) atoms. The van der Waals surface area contributed by atoms with Crippen molar-refractivity contribution < 1.29 is 4.79 Å². The molecule has 1 atom stereocenters. The van der Waals surface area contributed by atoms with E-state index in [-0.39, 0.29) is 5.91 Å². The Balaban J connectivity index is 1.51. The first-order valence-electron chi connectivity index (χ1n) is 9.23. The lowest BCUT2D eigenvalue weighted by molar-refractivity contribution is 0.0828. The van der Waals surface area contributed by atoms with Gasteiger partial charge in [-0.15, -0.1) is 0 Å². The number of anilines is 1. The van der Waals surface area contributed by atoms with Gasteiger partial charge in [-0.25, -0.2) is 4.98 Å². The minimum atomic E-state index is 0.0446. The zero-order valence-corrected chi connectivity index (χ0v) is 15.9. The van der Waals surface area contributed by atoms with Crippen LogP contribution in [0.2, 0.25) is 0 Å². The number of amides is 1. The highest BCUT2D eigenvalue weighted by atomic mass is 32.1. The third-order valence-corrected chi connectivity index (χ3v) is 6.45. The van der Waals surface area contributed by atoms with Crippen molar-refractivity contribution in [2.24, 2.45) is 0 Å². The smallest absolute Gasteiger partial charge is 0.253 e. The summed E-state index contributed by atoms with van der Waals surface area (Å²) in [5.74, 6) is 0.0446. The number of thiazole rings is 1. The van der Waals surface area contributed by atoms with Crippen LogP contribution in [0.4, 0.5) is 5.13 Å². The van der Waals surface area contributed by atoms with E-state index in [1.54, 1.807) is 30.3 Å². The van der Waals surface area contributed by atoms with Crippen molar-refractivity contribution >= 4 is 32.6 Å². The van der Waals surface area contributed by atoms with E-state index in [1.165, 1.54) is 38.8 Å². The van der Waals surface area contributed by atoms with Gasteiger partial charge in [0.15, 0.2) is 5.13 Å². The van der Waals surface area contributed by atoms with Gasteiger partial charge in [-0.05, 0) is 50.6 Å². The molecule has 0 spiro atoms. The van der Waals surface area contributed by atoms with Crippen LogP contribution in [0.1, 0.15) is 36.0 Å². The van der Waals surface area contributed by atoms with E-state index in [4.69, 9.17) is 4.98 Å². The second-order valence-electron chi connectivity index (χ2n) is 7.36. The summed E-state index contributed by atoms with van der Waals surface area (Å²) in [6.45, 7) is 4.69. The molecule has 2 saturated heterocycles. The SMILES string of the molecule is CN(C)C(=O)c1ccc2nc(N3CCC(N4CCCCC4)C3)sc2c1. The summed E-state index contributed by atoms with van der Waals surface area (Å²) in [5, 5.41) is 1.10. The lowest BCUT2D eigenvalue weighted by atomic mass is 10.1. The van der Waals surface area contributed by atoms with Gasteiger partial charge in [0.2, 0.25) is 0 Å². The first-order valence-corrected chi connectivity index (χ1v) is 10.0. The minimum absolute atomic E-state index is 0.0446. The predicted molar refractivity (Wildman–Crippen MR) is 104 cm³/mol. The molecular formula is C19H26N4OS. The highest BCUT2D eigenvalue weighted by Gasteiger charge is 2.30. The summed E-state index contributed by atoms with van der Waals surface area (Å²) >= 11 is 1.71. The van der Waals surface area contributed by atoms with Crippen molar-refractivity contribution in [1.29, 1.82) is 0 Å². The normalized spacial score (nSPS) is 21.8. The molecule has 6 heteroatoms. The number of hydrogen-bond acceptors (Lipinski definition) is 5. The summed E-state index contributed by atoms with van der Waals surface area (Å²) in [7, 11) is 3.57. The predicted octanol–water partition coefficient (Wildman–Crippen LogP) is 3.06. The van der Waals surface area contributed by atoms with Gasteiger partial charge in [-0.1, -0.05) is 17.8 Å². The Bertz CT molecular complexity index is 766. The fourth-order valence-corrected chi connectivity index (χ4v) is 4.98. The van der Waals surface area contributed by atoms with Crippen LogP contribution in [0.15, 0.2) is 18.2 Å². The molecule has 5 nitrogen and oxygen atoms in total. The van der Waals surface area contributed by atoms with Crippen molar-refractivity contribution in [2.75, 3.05) is 45.2 Å². The number of hydrogen-bond donors (Lipinski definition) is 0. The summed E-state index contributed by atoms with van der Waals surface area (Å²) in [6, 6.07) is 6.52. The summed E-state index contributed by atoms with van der Waals surface area (Å²) in [4.78, 5) is 23.7. The number of carbonyl (C=O) groups is 1. The Hall–Kier alpha value is -1.66. The molecule has 2 aromatic rings. The van der Waals surface area contributed by atoms with Crippen molar-refractivity contribution in [3.8, 4) is 0 Å². The molecule has 3 heterocycles. The van der Waals surface area contributed by atoms with Gasteiger partial charge < -0.3 is 9.80 Å². The molecule has 2 fully saturated rings. The van der Waals surface area contributed by atoms with E-state index in [0.717, 1.165) is 34.0 Å². The van der Waals surface area contributed by atoms with Crippen LogP contribution >= 0.6 is 11.3 Å². The zero-order valence-electron chi connectivity index (χ0n) is 15.1. The first-order chi connectivity index (χ1) is 12.1. The van der Waals surface area contributed by atoms with Crippen LogP contribution in [-0.2, 0) is 0 Å². The van der Waals surface area contributed by atoms with E-state index in [9.17, 15) is 4.79 Å². The van der Waals surface area contributed by atoms with Crippen LogP contribution in [0.5, 0.6) is 0 Å². The molecule has 0 saturated carbocycles. The first kappa shape index (κ1) is 16.8. The van der Waals surface area contributed by atoms with Crippen LogP contribution < -0.4 is 4.90 Å². The lowest BCUT2D eigenvalue weighted by Crippen LogP contribution is -2.40. The summed E-state index contributed by atoms with van der Waals surface area (Å²) < 4.78 is 1.10. The quantitative estimate of drug-likeness (QED) is 0.845. The van der Waals surface area contributed by atoms with Gasteiger partial charge in [0, 0.05) is 38.8 Å². The van der Waals surface area contributed by atoms with Crippen molar-refractivity contribution in [3.63, 3.8) is 0 Å². The molecule has 0 bridgehead atoms. The van der Waals surface area contributed by atoms with Crippen molar-refractivity contribution in [1.82, 2.24) is 14.8 Å². The number of likely N-dealkylation sites (tertiary alicyclic amines) is 1. The average molecular weight is 359 g/mol. The van der Waals surface area contributed by atoms with Gasteiger partial charge in [0.25, 0.3) is 5.91 Å². The number of rotatable bonds is 3. The Kier molecular flexibility index (Phi) is 4.65.